The van der Waals surface area contributed by atoms with Crippen LogP contribution in [0.1, 0.15) is 49.9 Å². The van der Waals surface area contributed by atoms with Crippen molar-refractivity contribution in [2.75, 3.05) is 13.6 Å². The maximum atomic E-state index is 12.2. The monoisotopic (exact) mass is 506 g/mol. The first kappa shape index (κ1) is 27.4. The summed E-state index contributed by atoms with van der Waals surface area (Å²) in [5.41, 5.74) is 5.80. The minimum atomic E-state index is -0.622. The van der Waals surface area contributed by atoms with Gasteiger partial charge in [-0.2, -0.15) is 0 Å². The van der Waals surface area contributed by atoms with Crippen LogP contribution < -0.4 is 0 Å². The summed E-state index contributed by atoms with van der Waals surface area (Å²) in [6, 6.07) is 11.6. The first-order valence-electron chi connectivity index (χ1n) is 11.6. The van der Waals surface area contributed by atoms with Gasteiger partial charge in [0.15, 0.2) is 0 Å². The summed E-state index contributed by atoms with van der Waals surface area (Å²) in [4.78, 5) is 47.3. The van der Waals surface area contributed by atoms with E-state index in [4.69, 9.17) is 18.9 Å². The van der Waals surface area contributed by atoms with Crippen LogP contribution in [-0.2, 0) is 56.4 Å². The van der Waals surface area contributed by atoms with E-state index in [2.05, 4.69) is 27.0 Å². The third-order valence-electron chi connectivity index (χ3n) is 6.02. The maximum absolute atomic E-state index is 12.2. The molecule has 194 valence electrons. The predicted molar refractivity (Wildman–Crippen MR) is 135 cm³/mol. The van der Waals surface area contributed by atoms with Crippen LogP contribution in [0.4, 0.5) is 0 Å². The van der Waals surface area contributed by atoms with Crippen molar-refractivity contribution in [1.29, 1.82) is 0 Å². The third-order valence-corrected chi connectivity index (χ3v) is 6.02. The fourth-order valence-electron chi connectivity index (χ4n) is 4.03. The van der Waals surface area contributed by atoms with Gasteiger partial charge in [0.2, 0.25) is 13.6 Å². The summed E-state index contributed by atoms with van der Waals surface area (Å²) in [6.07, 6.45) is 0.0503. The summed E-state index contributed by atoms with van der Waals surface area (Å²) in [5, 5.41) is 0. The van der Waals surface area contributed by atoms with Gasteiger partial charge in [0.1, 0.15) is 0 Å². The van der Waals surface area contributed by atoms with E-state index in [-0.39, 0.29) is 29.4 Å². The van der Waals surface area contributed by atoms with Gasteiger partial charge >= 0.3 is 23.9 Å². The fraction of sp³-hybridized carbons (Fsp3) is 0.310. The number of carbonyl (C=O) groups is 4. The SMILES string of the molecule is C=C(C)C(=O)OCOC(=O)Cc1ccc2c(c1)C(C)(C)c1cc(CC(=O)OCOC(=O)C(=C)C)ccc1-2. The normalized spacial score (nSPS) is 12.5. The Morgan fingerprint density at radius 3 is 1.41 bits per heavy atom. The van der Waals surface area contributed by atoms with Crippen LogP contribution >= 0.6 is 0 Å². The molecule has 0 aromatic heterocycles. The molecule has 3 rings (SSSR count). The summed E-state index contributed by atoms with van der Waals surface area (Å²) >= 11 is 0. The third kappa shape index (κ3) is 6.52. The molecule has 0 radical (unpaired) electrons. The Balaban J connectivity index is 1.66. The molecule has 0 fully saturated rings. The highest BCUT2D eigenvalue weighted by molar-refractivity contribution is 5.87. The van der Waals surface area contributed by atoms with Crippen molar-refractivity contribution >= 4 is 23.9 Å². The number of esters is 4. The lowest BCUT2D eigenvalue weighted by Gasteiger charge is -2.22. The van der Waals surface area contributed by atoms with Crippen molar-refractivity contribution in [3.8, 4) is 11.1 Å². The average molecular weight is 507 g/mol. The number of fused-ring (bicyclic) bond motifs is 3. The Labute approximate surface area is 215 Å². The molecule has 8 nitrogen and oxygen atoms in total. The van der Waals surface area contributed by atoms with Crippen molar-refractivity contribution in [3.63, 3.8) is 0 Å². The molecule has 0 saturated heterocycles. The van der Waals surface area contributed by atoms with Crippen LogP contribution in [0.2, 0.25) is 0 Å². The van der Waals surface area contributed by atoms with Crippen molar-refractivity contribution in [2.24, 2.45) is 0 Å². The smallest absolute Gasteiger partial charge is 0.335 e. The zero-order valence-electron chi connectivity index (χ0n) is 21.5. The summed E-state index contributed by atoms with van der Waals surface area (Å²) in [5.74, 6) is -2.28. The van der Waals surface area contributed by atoms with Crippen LogP contribution in [0.25, 0.3) is 11.1 Å². The van der Waals surface area contributed by atoms with Gasteiger partial charge in [-0.15, -0.1) is 0 Å². The Morgan fingerprint density at radius 1 is 0.676 bits per heavy atom. The van der Waals surface area contributed by atoms with Gasteiger partial charge in [-0.25, -0.2) is 9.59 Å². The number of hydrogen-bond donors (Lipinski definition) is 0. The quantitative estimate of drug-likeness (QED) is 0.267. The first-order chi connectivity index (χ1) is 17.4. The second-order valence-corrected chi connectivity index (χ2v) is 9.43. The lowest BCUT2D eigenvalue weighted by atomic mass is 9.81. The van der Waals surface area contributed by atoms with Crippen LogP contribution in [0, 0.1) is 0 Å². The van der Waals surface area contributed by atoms with Gasteiger partial charge in [0, 0.05) is 16.6 Å². The molecule has 0 amide bonds. The van der Waals surface area contributed by atoms with Crippen LogP contribution in [0.15, 0.2) is 60.7 Å². The molecular weight excluding hydrogens is 476 g/mol. The van der Waals surface area contributed by atoms with Crippen molar-refractivity contribution in [2.45, 2.75) is 46.0 Å². The molecule has 0 unspecified atom stereocenters. The van der Waals surface area contributed by atoms with E-state index in [0.717, 1.165) is 33.4 Å². The van der Waals surface area contributed by atoms with Crippen LogP contribution in [-0.4, -0.2) is 37.5 Å². The van der Waals surface area contributed by atoms with Gasteiger partial charge in [-0.05, 0) is 47.2 Å². The second-order valence-electron chi connectivity index (χ2n) is 9.43. The van der Waals surface area contributed by atoms with E-state index in [1.807, 2.05) is 36.4 Å². The van der Waals surface area contributed by atoms with Crippen molar-refractivity contribution < 1.29 is 38.1 Å². The van der Waals surface area contributed by atoms with E-state index in [1.54, 1.807) is 0 Å². The Morgan fingerprint density at radius 2 is 1.05 bits per heavy atom. The first-order valence-corrected chi connectivity index (χ1v) is 11.6. The van der Waals surface area contributed by atoms with E-state index in [9.17, 15) is 19.2 Å². The molecule has 37 heavy (non-hydrogen) atoms. The molecule has 0 saturated carbocycles. The van der Waals surface area contributed by atoms with Gasteiger partial charge < -0.3 is 18.9 Å². The molecule has 0 aliphatic heterocycles. The lowest BCUT2D eigenvalue weighted by Crippen LogP contribution is -2.17. The molecule has 0 bridgehead atoms. The molecule has 8 heteroatoms. The fourth-order valence-corrected chi connectivity index (χ4v) is 4.03. The second kappa shape index (κ2) is 11.2. The molecule has 0 atom stereocenters. The summed E-state index contributed by atoms with van der Waals surface area (Å²) in [7, 11) is 0. The zero-order valence-corrected chi connectivity index (χ0v) is 21.5. The van der Waals surface area contributed by atoms with Crippen LogP contribution in [0.3, 0.4) is 0 Å². The van der Waals surface area contributed by atoms with Gasteiger partial charge in [0.25, 0.3) is 0 Å². The number of rotatable bonds is 10. The number of carbonyl (C=O) groups excluding carboxylic acids is 4. The minimum absolute atomic E-state index is 0.0252. The molecule has 0 N–H and O–H groups in total. The summed E-state index contributed by atoms with van der Waals surface area (Å²) in [6.45, 7) is 13.2. The average Bonchev–Trinajstić information content (AvgIpc) is 3.04. The molecule has 2 aromatic carbocycles. The van der Waals surface area contributed by atoms with Crippen molar-refractivity contribution in [3.05, 3.63) is 83.0 Å². The van der Waals surface area contributed by atoms with Crippen LogP contribution in [0.5, 0.6) is 0 Å². The molecule has 0 spiro atoms. The molecular formula is C29H30O8. The molecule has 2 aromatic rings. The molecule has 0 heterocycles. The predicted octanol–water partition coefficient (Wildman–Crippen LogP) is 4.32. The highest BCUT2D eigenvalue weighted by atomic mass is 16.7. The number of ether oxygens (including phenoxy) is 4. The molecule has 1 aliphatic rings. The number of benzene rings is 2. The molecule has 1 aliphatic carbocycles. The van der Waals surface area contributed by atoms with Gasteiger partial charge in [0.05, 0.1) is 12.8 Å². The number of hydrogen-bond acceptors (Lipinski definition) is 8. The lowest BCUT2D eigenvalue weighted by molar-refractivity contribution is -0.165. The Kier molecular flexibility index (Phi) is 8.32. The highest BCUT2D eigenvalue weighted by Crippen LogP contribution is 2.49. The maximum Gasteiger partial charge on any atom is 0.335 e. The van der Waals surface area contributed by atoms with Gasteiger partial charge in [-0.1, -0.05) is 63.4 Å². The Bertz CT molecular complexity index is 1190. The standard InChI is InChI=1S/C29H30O8/c1-17(2)27(32)36-15-34-25(30)13-19-7-9-21-22-10-8-20(12-24(22)29(5,6)23(21)11-19)14-26(31)35-16-37-28(33)18(3)4/h7-12H,1,3,13-16H2,2,4-6H3. The summed E-state index contributed by atoms with van der Waals surface area (Å²) < 4.78 is 19.6. The van der Waals surface area contributed by atoms with E-state index >= 15 is 0 Å². The Hall–Kier alpha value is -4.20. The largest absolute Gasteiger partial charge is 0.428 e. The van der Waals surface area contributed by atoms with E-state index in [1.165, 1.54) is 13.8 Å². The minimum Gasteiger partial charge on any atom is -0.428 e. The van der Waals surface area contributed by atoms with Gasteiger partial charge in [-0.3, -0.25) is 9.59 Å². The zero-order chi connectivity index (χ0) is 27.3. The highest BCUT2D eigenvalue weighted by Gasteiger charge is 2.36. The van der Waals surface area contributed by atoms with E-state index in [0.29, 0.717) is 0 Å². The topological polar surface area (TPSA) is 105 Å². The van der Waals surface area contributed by atoms with Crippen molar-refractivity contribution in [1.82, 2.24) is 0 Å². The van der Waals surface area contributed by atoms with E-state index < -0.39 is 37.5 Å².